The van der Waals surface area contributed by atoms with Crippen LogP contribution in [-0.2, 0) is 16.1 Å². The molecule has 0 bridgehead atoms. The van der Waals surface area contributed by atoms with E-state index in [0.29, 0.717) is 24.5 Å². The molecule has 33 heavy (non-hydrogen) atoms. The fourth-order valence-electron chi connectivity index (χ4n) is 5.02. The molecule has 2 aliphatic heterocycles. The number of benzene rings is 2. The van der Waals surface area contributed by atoms with Gasteiger partial charge in [0.2, 0.25) is 0 Å². The van der Waals surface area contributed by atoms with Crippen LogP contribution in [0, 0.1) is 6.92 Å². The first kappa shape index (κ1) is 21.5. The van der Waals surface area contributed by atoms with Crippen LogP contribution < -0.4 is 10.1 Å². The number of ether oxygens (including phenoxy) is 1. The van der Waals surface area contributed by atoms with Crippen LogP contribution >= 0.6 is 0 Å². The first-order chi connectivity index (χ1) is 15.9. The molecule has 7 nitrogen and oxygen atoms in total. The molecule has 2 amide bonds. The molecule has 2 unspecified atom stereocenters. The summed E-state index contributed by atoms with van der Waals surface area (Å²) in [6, 6.07) is 13.8. The molecule has 1 N–H and O–H groups in total. The van der Waals surface area contributed by atoms with E-state index in [9.17, 15) is 9.59 Å². The number of hydrogen-bond acceptors (Lipinski definition) is 4. The Morgan fingerprint density at radius 3 is 2.91 bits per heavy atom. The van der Waals surface area contributed by atoms with Gasteiger partial charge in [-0.05, 0) is 62.9 Å². The number of aryl methyl sites for hydroxylation is 2. The maximum Gasteiger partial charge on any atom is 0.278 e. The summed E-state index contributed by atoms with van der Waals surface area (Å²) in [5.74, 6) is 0.941. The number of likely N-dealkylation sites (tertiary alicyclic amines) is 1. The van der Waals surface area contributed by atoms with Crippen LogP contribution in [0.3, 0.4) is 0 Å². The number of hydrogen-bond donors (Lipinski definition) is 1. The molecule has 1 aromatic heterocycles. The van der Waals surface area contributed by atoms with Crippen LogP contribution in [0.5, 0.6) is 5.75 Å². The van der Waals surface area contributed by atoms with Gasteiger partial charge in [-0.3, -0.25) is 9.59 Å². The molecule has 3 heterocycles. The lowest BCUT2D eigenvalue weighted by atomic mass is 9.93. The second-order valence-corrected chi connectivity index (χ2v) is 9.29. The smallest absolute Gasteiger partial charge is 0.278 e. The SMILES string of the molecule is CCCn1c(C2CCCN(C(=O)C3(C)Oc4ccc(C)cc4NC3=O)C2)nc2ccccc21. The number of aromatic nitrogens is 2. The molecular formula is C26H30N4O3. The summed E-state index contributed by atoms with van der Waals surface area (Å²) < 4.78 is 8.32. The topological polar surface area (TPSA) is 76.5 Å². The van der Waals surface area contributed by atoms with Crippen molar-refractivity contribution in [3.63, 3.8) is 0 Å². The third-order valence-corrected chi connectivity index (χ3v) is 6.74. The van der Waals surface area contributed by atoms with E-state index in [1.54, 1.807) is 11.8 Å². The van der Waals surface area contributed by atoms with Crippen molar-refractivity contribution in [2.24, 2.45) is 0 Å². The van der Waals surface area contributed by atoms with Crippen molar-refractivity contribution in [3.8, 4) is 5.75 Å². The highest BCUT2D eigenvalue weighted by molar-refractivity contribution is 6.15. The maximum atomic E-state index is 13.6. The van der Waals surface area contributed by atoms with E-state index in [2.05, 4.69) is 22.9 Å². The van der Waals surface area contributed by atoms with E-state index in [1.165, 1.54) is 0 Å². The number of amides is 2. The van der Waals surface area contributed by atoms with Crippen molar-refractivity contribution >= 4 is 28.5 Å². The summed E-state index contributed by atoms with van der Waals surface area (Å²) in [7, 11) is 0. The molecule has 2 aliphatic rings. The Kier molecular flexibility index (Phi) is 5.35. The normalized spacial score (nSPS) is 22.6. The van der Waals surface area contributed by atoms with E-state index in [0.717, 1.165) is 48.2 Å². The predicted octanol–water partition coefficient (Wildman–Crippen LogP) is 4.25. The van der Waals surface area contributed by atoms with Gasteiger partial charge in [0.25, 0.3) is 17.4 Å². The van der Waals surface area contributed by atoms with Crippen LogP contribution in [0.25, 0.3) is 11.0 Å². The fourth-order valence-corrected chi connectivity index (χ4v) is 5.02. The number of para-hydroxylation sites is 2. The molecular weight excluding hydrogens is 416 g/mol. The highest BCUT2D eigenvalue weighted by atomic mass is 16.5. The molecule has 7 heteroatoms. The Morgan fingerprint density at radius 2 is 2.09 bits per heavy atom. The molecule has 1 saturated heterocycles. The van der Waals surface area contributed by atoms with Gasteiger partial charge in [0, 0.05) is 25.6 Å². The van der Waals surface area contributed by atoms with E-state index in [-0.39, 0.29) is 11.8 Å². The zero-order valence-corrected chi connectivity index (χ0v) is 19.4. The second-order valence-electron chi connectivity index (χ2n) is 9.29. The summed E-state index contributed by atoms with van der Waals surface area (Å²) in [4.78, 5) is 33.3. The average molecular weight is 447 g/mol. The molecule has 1 fully saturated rings. The van der Waals surface area contributed by atoms with Gasteiger partial charge in [-0.1, -0.05) is 25.1 Å². The van der Waals surface area contributed by atoms with E-state index in [4.69, 9.17) is 9.72 Å². The zero-order valence-electron chi connectivity index (χ0n) is 19.4. The lowest BCUT2D eigenvalue weighted by Crippen LogP contribution is -2.60. The van der Waals surface area contributed by atoms with Crippen molar-refractivity contribution in [1.82, 2.24) is 14.5 Å². The first-order valence-corrected chi connectivity index (χ1v) is 11.8. The summed E-state index contributed by atoms with van der Waals surface area (Å²) >= 11 is 0. The monoisotopic (exact) mass is 446 g/mol. The lowest BCUT2D eigenvalue weighted by molar-refractivity contribution is -0.155. The van der Waals surface area contributed by atoms with Gasteiger partial charge >= 0.3 is 0 Å². The average Bonchev–Trinajstić information content (AvgIpc) is 3.18. The van der Waals surface area contributed by atoms with Crippen LogP contribution in [0.1, 0.15) is 50.4 Å². The molecule has 0 saturated carbocycles. The van der Waals surface area contributed by atoms with Crippen LogP contribution in [0.4, 0.5) is 5.69 Å². The molecule has 172 valence electrons. The Balaban J connectivity index is 1.42. The Labute approximate surface area is 193 Å². The number of carbonyl (C=O) groups is 2. The highest BCUT2D eigenvalue weighted by Crippen LogP contribution is 2.37. The Morgan fingerprint density at radius 1 is 1.27 bits per heavy atom. The largest absolute Gasteiger partial charge is 0.466 e. The van der Waals surface area contributed by atoms with Crippen molar-refractivity contribution in [3.05, 3.63) is 53.9 Å². The third-order valence-electron chi connectivity index (χ3n) is 6.74. The number of imidazole rings is 1. The summed E-state index contributed by atoms with van der Waals surface area (Å²) in [6.07, 6.45) is 2.83. The van der Waals surface area contributed by atoms with Gasteiger partial charge in [-0.25, -0.2) is 4.98 Å². The molecule has 0 radical (unpaired) electrons. The van der Waals surface area contributed by atoms with Gasteiger partial charge < -0.3 is 19.5 Å². The van der Waals surface area contributed by atoms with Gasteiger partial charge in [0.05, 0.1) is 16.7 Å². The summed E-state index contributed by atoms with van der Waals surface area (Å²) in [5.41, 5.74) is 2.15. The quantitative estimate of drug-likeness (QED) is 0.608. The molecule has 2 aromatic carbocycles. The molecule has 5 rings (SSSR count). The first-order valence-electron chi connectivity index (χ1n) is 11.8. The van der Waals surface area contributed by atoms with E-state index in [1.807, 2.05) is 43.3 Å². The molecule has 3 aromatic rings. The number of rotatable bonds is 4. The summed E-state index contributed by atoms with van der Waals surface area (Å²) in [6.45, 7) is 7.71. The standard InChI is InChI=1S/C26H30N4O3/c1-4-13-30-21-10-6-5-9-19(21)27-23(30)18-8-7-14-29(16-18)25(32)26(3)24(31)28-20-15-17(2)11-12-22(20)33-26/h5-6,9-12,15,18H,4,7-8,13-14,16H2,1-3H3,(H,28,31). The van der Waals surface area contributed by atoms with Crippen molar-refractivity contribution in [2.45, 2.75) is 58.1 Å². The zero-order chi connectivity index (χ0) is 23.2. The predicted molar refractivity (Wildman–Crippen MR) is 127 cm³/mol. The lowest BCUT2D eigenvalue weighted by Gasteiger charge is -2.40. The number of carbonyl (C=O) groups excluding carboxylic acids is 2. The molecule has 0 aliphatic carbocycles. The van der Waals surface area contributed by atoms with Crippen molar-refractivity contribution in [1.29, 1.82) is 0 Å². The van der Waals surface area contributed by atoms with E-state index >= 15 is 0 Å². The number of piperidine rings is 1. The van der Waals surface area contributed by atoms with Crippen LogP contribution in [0.15, 0.2) is 42.5 Å². The minimum absolute atomic E-state index is 0.117. The van der Waals surface area contributed by atoms with Crippen LogP contribution in [-0.4, -0.2) is 45.0 Å². The highest BCUT2D eigenvalue weighted by Gasteiger charge is 2.50. The second kappa shape index (κ2) is 8.21. The van der Waals surface area contributed by atoms with Crippen molar-refractivity contribution < 1.29 is 14.3 Å². The molecule has 0 spiro atoms. The Hall–Kier alpha value is -3.35. The van der Waals surface area contributed by atoms with Gasteiger partial charge in [-0.15, -0.1) is 0 Å². The van der Waals surface area contributed by atoms with Gasteiger partial charge in [0.1, 0.15) is 11.6 Å². The van der Waals surface area contributed by atoms with Gasteiger partial charge in [-0.2, -0.15) is 0 Å². The number of anilines is 1. The van der Waals surface area contributed by atoms with Crippen molar-refractivity contribution in [2.75, 3.05) is 18.4 Å². The molecule has 2 atom stereocenters. The maximum absolute atomic E-state index is 13.6. The Bertz CT molecular complexity index is 1230. The fraction of sp³-hybridized carbons (Fsp3) is 0.423. The third kappa shape index (κ3) is 3.65. The number of nitrogens with zero attached hydrogens (tertiary/aromatic N) is 3. The number of fused-ring (bicyclic) bond motifs is 2. The van der Waals surface area contributed by atoms with Gasteiger partial charge in [0.15, 0.2) is 0 Å². The van der Waals surface area contributed by atoms with E-state index < -0.39 is 11.5 Å². The van der Waals surface area contributed by atoms with Crippen LogP contribution in [0.2, 0.25) is 0 Å². The number of nitrogens with one attached hydrogen (secondary N) is 1. The summed E-state index contributed by atoms with van der Waals surface area (Å²) in [5, 5.41) is 2.87. The minimum atomic E-state index is -1.59. The minimum Gasteiger partial charge on any atom is -0.466 e.